The van der Waals surface area contributed by atoms with Crippen molar-refractivity contribution >= 4 is 33.6 Å². The summed E-state index contributed by atoms with van der Waals surface area (Å²) in [4.78, 5) is 22.4. The van der Waals surface area contributed by atoms with Crippen LogP contribution in [-0.4, -0.2) is 36.9 Å². The third kappa shape index (κ3) is 4.49. The van der Waals surface area contributed by atoms with Gasteiger partial charge in [0, 0.05) is 11.6 Å². The number of nitrogens with one attached hydrogen (secondary N) is 2. The maximum absolute atomic E-state index is 13.4. The van der Waals surface area contributed by atoms with Crippen molar-refractivity contribution in [2.24, 2.45) is 0 Å². The predicted molar refractivity (Wildman–Crippen MR) is 69.6 cm³/mol. The number of halogens is 2. The van der Waals surface area contributed by atoms with Crippen LogP contribution in [0.3, 0.4) is 0 Å². The fourth-order valence-electron chi connectivity index (χ4n) is 1.27. The zero-order valence-electron chi connectivity index (χ0n) is 9.94. The minimum Gasteiger partial charge on any atom is -0.480 e. The van der Waals surface area contributed by atoms with Gasteiger partial charge in [0.25, 0.3) is 0 Å². The van der Waals surface area contributed by atoms with Gasteiger partial charge in [-0.15, -0.1) is 0 Å². The lowest BCUT2D eigenvalue weighted by Crippen LogP contribution is -2.45. The zero-order chi connectivity index (χ0) is 14.4. The molecular weight excluding hydrogens is 323 g/mol. The van der Waals surface area contributed by atoms with E-state index in [4.69, 9.17) is 5.11 Å². The van der Waals surface area contributed by atoms with Crippen molar-refractivity contribution in [2.45, 2.75) is 6.04 Å². The van der Waals surface area contributed by atoms with Gasteiger partial charge >= 0.3 is 12.0 Å². The summed E-state index contributed by atoms with van der Waals surface area (Å²) in [5.74, 6) is -1.88. The molecule has 0 aliphatic heterocycles. The lowest BCUT2D eigenvalue weighted by Gasteiger charge is -2.15. The Morgan fingerprint density at radius 1 is 1.53 bits per heavy atom. The fraction of sp³-hybridized carbons (Fsp3) is 0.273. The van der Waals surface area contributed by atoms with E-state index in [9.17, 15) is 14.0 Å². The van der Waals surface area contributed by atoms with Gasteiger partial charge in [0.05, 0.1) is 12.3 Å². The summed E-state index contributed by atoms with van der Waals surface area (Å²) < 4.78 is 18.4. The van der Waals surface area contributed by atoms with Crippen molar-refractivity contribution in [3.63, 3.8) is 0 Å². The second-order valence-electron chi connectivity index (χ2n) is 3.54. The van der Waals surface area contributed by atoms with Gasteiger partial charge in [-0.25, -0.2) is 14.0 Å². The number of hydrogen-bond donors (Lipinski definition) is 3. The van der Waals surface area contributed by atoms with Crippen LogP contribution in [0, 0.1) is 5.82 Å². The van der Waals surface area contributed by atoms with Gasteiger partial charge in [0.1, 0.15) is 5.82 Å². The lowest BCUT2D eigenvalue weighted by atomic mass is 10.3. The molecule has 0 spiro atoms. The molecule has 0 bridgehead atoms. The highest BCUT2D eigenvalue weighted by atomic mass is 79.9. The summed E-state index contributed by atoms with van der Waals surface area (Å²) in [7, 11) is 1.31. The molecule has 1 aromatic carbocycles. The quantitative estimate of drug-likeness (QED) is 0.766. The van der Waals surface area contributed by atoms with E-state index in [0.29, 0.717) is 4.47 Å². The standard InChI is InChI=1S/C11H12BrFN2O4/c1-19-5-8(10(16)17)14-11(18)15-9-6(12)3-2-4-7(9)13/h2-4,8H,5H2,1H3,(H,16,17)(H2,14,15,18). The molecule has 1 rings (SSSR count). The monoisotopic (exact) mass is 334 g/mol. The van der Waals surface area contributed by atoms with Crippen molar-refractivity contribution in [1.82, 2.24) is 5.32 Å². The van der Waals surface area contributed by atoms with Crippen LogP contribution in [0.5, 0.6) is 0 Å². The number of carboxylic acid groups (broad SMARTS) is 1. The number of para-hydroxylation sites is 1. The number of carbonyl (C=O) groups is 2. The van der Waals surface area contributed by atoms with E-state index in [0.717, 1.165) is 0 Å². The molecule has 0 radical (unpaired) electrons. The number of carbonyl (C=O) groups excluding carboxylic acids is 1. The number of benzene rings is 1. The SMILES string of the molecule is COCC(NC(=O)Nc1c(F)cccc1Br)C(=O)O. The van der Waals surface area contributed by atoms with Crippen LogP contribution in [0.15, 0.2) is 22.7 Å². The molecule has 0 saturated carbocycles. The summed E-state index contributed by atoms with van der Waals surface area (Å²) in [6.45, 7) is -0.193. The number of rotatable bonds is 5. The maximum atomic E-state index is 13.4. The van der Waals surface area contributed by atoms with Crippen LogP contribution in [-0.2, 0) is 9.53 Å². The van der Waals surface area contributed by atoms with Crippen LogP contribution < -0.4 is 10.6 Å². The molecule has 0 aromatic heterocycles. The van der Waals surface area contributed by atoms with Crippen molar-refractivity contribution in [3.05, 3.63) is 28.5 Å². The Balaban J connectivity index is 2.72. The number of carboxylic acids is 1. The first-order valence-electron chi connectivity index (χ1n) is 5.19. The molecule has 0 heterocycles. The minimum absolute atomic E-state index is 0.0680. The number of urea groups is 1. The number of aliphatic carboxylic acids is 1. The van der Waals surface area contributed by atoms with Gasteiger partial charge in [0.2, 0.25) is 0 Å². The third-order valence-electron chi connectivity index (χ3n) is 2.14. The summed E-state index contributed by atoms with van der Waals surface area (Å²) >= 11 is 3.08. The van der Waals surface area contributed by atoms with Gasteiger partial charge in [0.15, 0.2) is 6.04 Å². The van der Waals surface area contributed by atoms with Crippen LogP contribution in [0.4, 0.5) is 14.9 Å². The largest absolute Gasteiger partial charge is 0.480 e. The van der Waals surface area contributed by atoms with Gasteiger partial charge in [-0.05, 0) is 28.1 Å². The van der Waals surface area contributed by atoms with E-state index < -0.39 is 23.9 Å². The molecule has 6 nitrogen and oxygen atoms in total. The van der Waals surface area contributed by atoms with Gasteiger partial charge in [-0.3, -0.25) is 0 Å². The molecule has 104 valence electrons. The summed E-state index contributed by atoms with van der Waals surface area (Å²) in [5.41, 5.74) is -0.0680. The Labute approximate surface area is 117 Å². The molecule has 2 amide bonds. The Morgan fingerprint density at radius 2 is 2.21 bits per heavy atom. The Bertz CT molecular complexity index is 464. The normalized spacial score (nSPS) is 11.7. The van der Waals surface area contributed by atoms with Crippen LogP contribution in [0.2, 0.25) is 0 Å². The number of anilines is 1. The molecule has 3 N–H and O–H groups in total. The smallest absolute Gasteiger partial charge is 0.328 e. The first-order chi connectivity index (χ1) is 8.95. The molecule has 1 atom stereocenters. The van der Waals surface area contributed by atoms with E-state index in [-0.39, 0.29) is 12.3 Å². The van der Waals surface area contributed by atoms with Crippen molar-refractivity contribution in [2.75, 3.05) is 19.0 Å². The summed E-state index contributed by atoms with van der Waals surface area (Å²) in [6.07, 6.45) is 0. The molecule has 0 fully saturated rings. The van der Waals surface area contributed by atoms with Gasteiger partial charge < -0.3 is 20.5 Å². The number of ether oxygens (including phenoxy) is 1. The average molecular weight is 335 g/mol. The van der Waals surface area contributed by atoms with Crippen molar-refractivity contribution < 1.29 is 23.8 Å². The predicted octanol–water partition coefficient (Wildman–Crippen LogP) is 1.81. The third-order valence-corrected chi connectivity index (χ3v) is 2.80. The Morgan fingerprint density at radius 3 is 2.74 bits per heavy atom. The molecular formula is C11H12BrFN2O4. The highest BCUT2D eigenvalue weighted by Crippen LogP contribution is 2.24. The number of amides is 2. The van der Waals surface area contributed by atoms with Crippen molar-refractivity contribution in [1.29, 1.82) is 0 Å². The zero-order valence-corrected chi connectivity index (χ0v) is 11.5. The van der Waals surface area contributed by atoms with E-state index in [1.54, 1.807) is 6.07 Å². The topological polar surface area (TPSA) is 87.7 Å². The fourth-order valence-corrected chi connectivity index (χ4v) is 1.71. The molecule has 1 unspecified atom stereocenters. The minimum atomic E-state index is -1.25. The Hall–Kier alpha value is -1.67. The van der Waals surface area contributed by atoms with E-state index in [1.165, 1.54) is 19.2 Å². The molecule has 8 heteroatoms. The molecule has 19 heavy (non-hydrogen) atoms. The van der Waals surface area contributed by atoms with Crippen LogP contribution in [0.25, 0.3) is 0 Å². The highest BCUT2D eigenvalue weighted by Gasteiger charge is 2.20. The van der Waals surface area contributed by atoms with Crippen LogP contribution in [0.1, 0.15) is 0 Å². The Kier molecular flexibility index (Phi) is 5.71. The van der Waals surface area contributed by atoms with E-state index >= 15 is 0 Å². The maximum Gasteiger partial charge on any atom is 0.328 e. The van der Waals surface area contributed by atoms with Gasteiger partial charge in [-0.1, -0.05) is 6.07 Å². The van der Waals surface area contributed by atoms with Gasteiger partial charge in [-0.2, -0.15) is 0 Å². The second kappa shape index (κ2) is 7.05. The highest BCUT2D eigenvalue weighted by molar-refractivity contribution is 9.10. The second-order valence-corrected chi connectivity index (χ2v) is 4.40. The first kappa shape index (κ1) is 15.4. The average Bonchev–Trinajstić information content (AvgIpc) is 2.33. The molecule has 0 aliphatic rings. The molecule has 0 saturated heterocycles. The first-order valence-corrected chi connectivity index (χ1v) is 5.98. The van der Waals surface area contributed by atoms with E-state index in [1.807, 2.05) is 0 Å². The molecule has 1 aromatic rings. The van der Waals surface area contributed by atoms with Crippen LogP contribution >= 0.6 is 15.9 Å². The number of hydrogen-bond acceptors (Lipinski definition) is 3. The van der Waals surface area contributed by atoms with Crippen molar-refractivity contribution in [3.8, 4) is 0 Å². The number of methoxy groups -OCH3 is 1. The lowest BCUT2D eigenvalue weighted by molar-refractivity contribution is -0.140. The summed E-state index contributed by atoms with van der Waals surface area (Å²) in [5, 5.41) is 13.2. The van der Waals surface area contributed by atoms with E-state index in [2.05, 4.69) is 31.3 Å². The molecule has 0 aliphatic carbocycles. The summed E-state index contributed by atoms with van der Waals surface area (Å²) in [6, 6.07) is 2.13.